The summed E-state index contributed by atoms with van der Waals surface area (Å²) in [6.07, 6.45) is 3.43. The molecule has 6 nitrogen and oxygen atoms in total. The van der Waals surface area contributed by atoms with Crippen molar-refractivity contribution in [2.45, 2.75) is 13.0 Å². The number of hydrogen-bond acceptors (Lipinski definition) is 4. The number of nitrogens with zero attached hydrogens (tertiary/aromatic N) is 3. The van der Waals surface area contributed by atoms with Crippen molar-refractivity contribution in [3.05, 3.63) is 96.1 Å². The van der Waals surface area contributed by atoms with Gasteiger partial charge < -0.3 is 9.73 Å². The van der Waals surface area contributed by atoms with E-state index in [1.165, 1.54) is 0 Å². The number of para-hydroxylation sites is 1. The number of hydrogen-bond donors (Lipinski definition) is 1. The molecule has 0 unspecified atom stereocenters. The van der Waals surface area contributed by atoms with Gasteiger partial charge in [0.05, 0.1) is 23.6 Å². The summed E-state index contributed by atoms with van der Waals surface area (Å²) in [6, 6.07) is 21.5. The van der Waals surface area contributed by atoms with E-state index in [4.69, 9.17) is 9.52 Å². The summed E-state index contributed by atoms with van der Waals surface area (Å²) in [5.41, 5.74) is 4.15. The van der Waals surface area contributed by atoms with E-state index in [9.17, 15) is 4.79 Å². The monoisotopic (exact) mass is 414 g/mol. The second-order valence-electron chi connectivity index (χ2n) is 7.74. The van der Waals surface area contributed by atoms with Crippen LogP contribution in [0.2, 0.25) is 0 Å². The first-order valence-corrected chi connectivity index (χ1v) is 10.2. The molecule has 1 N–H and O–H groups in total. The second kappa shape index (κ2) is 9.02. The largest absolute Gasteiger partial charge is 0.468 e. The lowest BCUT2D eigenvalue weighted by atomic mass is 10.1. The molecule has 6 heteroatoms. The predicted octanol–water partition coefficient (Wildman–Crippen LogP) is 4.47. The summed E-state index contributed by atoms with van der Waals surface area (Å²) in [6.45, 7) is 2.46. The molecule has 0 saturated carbocycles. The number of benzene rings is 2. The van der Waals surface area contributed by atoms with Crippen LogP contribution in [0.3, 0.4) is 0 Å². The maximum absolute atomic E-state index is 13.2. The molecule has 158 valence electrons. The van der Waals surface area contributed by atoms with Crippen LogP contribution in [0, 0.1) is 6.92 Å². The van der Waals surface area contributed by atoms with Gasteiger partial charge in [0.25, 0.3) is 5.91 Å². The number of nitrogens with one attached hydrogen (secondary N) is 1. The Labute approximate surface area is 182 Å². The lowest BCUT2D eigenvalue weighted by Crippen LogP contribution is -2.34. The standard InChI is InChI=1S/C25H26N4O2/c1-18-11-13-19(14-12-18)24-21(17-29(27-24)20-8-5-4-6-9-20)25(30)26-16-22(28(2)3)23-10-7-15-31-23/h4-15,17,22H,16H2,1-3H3,(H,26,30)/t22-/m0/s1. The molecule has 0 fully saturated rings. The number of carbonyl (C=O) groups is 1. The molecule has 0 bridgehead atoms. The minimum Gasteiger partial charge on any atom is -0.468 e. The van der Waals surface area contributed by atoms with Crippen LogP contribution >= 0.6 is 0 Å². The van der Waals surface area contributed by atoms with Crippen LogP contribution < -0.4 is 5.32 Å². The highest BCUT2D eigenvalue weighted by Gasteiger charge is 2.22. The van der Waals surface area contributed by atoms with Gasteiger partial charge in [-0.2, -0.15) is 5.10 Å². The van der Waals surface area contributed by atoms with Gasteiger partial charge in [-0.15, -0.1) is 0 Å². The number of carbonyl (C=O) groups excluding carboxylic acids is 1. The Kier molecular flexibility index (Phi) is 6.00. The van der Waals surface area contributed by atoms with Crippen molar-refractivity contribution in [1.29, 1.82) is 0 Å². The topological polar surface area (TPSA) is 63.3 Å². The van der Waals surface area contributed by atoms with Gasteiger partial charge in [-0.3, -0.25) is 9.69 Å². The SMILES string of the molecule is Cc1ccc(-c2nn(-c3ccccc3)cc2C(=O)NC[C@@H](c2ccco2)N(C)C)cc1. The van der Waals surface area contributed by atoms with Crippen molar-refractivity contribution in [2.75, 3.05) is 20.6 Å². The fraction of sp³-hybridized carbons (Fsp3) is 0.200. The third-order valence-corrected chi connectivity index (χ3v) is 5.26. The normalized spacial score (nSPS) is 12.1. The Hall–Kier alpha value is -3.64. The zero-order valence-electron chi connectivity index (χ0n) is 17.9. The van der Waals surface area contributed by atoms with Crippen molar-refractivity contribution in [2.24, 2.45) is 0 Å². The molecule has 1 amide bonds. The third-order valence-electron chi connectivity index (χ3n) is 5.26. The Balaban J connectivity index is 1.64. The summed E-state index contributed by atoms with van der Waals surface area (Å²) < 4.78 is 7.30. The quantitative estimate of drug-likeness (QED) is 0.485. The van der Waals surface area contributed by atoms with Crippen LogP contribution in [0.1, 0.15) is 27.7 Å². The molecule has 0 aliphatic heterocycles. The first kappa shape index (κ1) is 20.6. The van der Waals surface area contributed by atoms with E-state index >= 15 is 0 Å². The van der Waals surface area contributed by atoms with Crippen molar-refractivity contribution >= 4 is 5.91 Å². The first-order valence-electron chi connectivity index (χ1n) is 10.2. The summed E-state index contributed by atoms with van der Waals surface area (Å²) in [5, 5.41) is 7.80. The molecule has 4 rings (SSSR count). The van der Waals surface area contributed by atoms with Crippen molar-refractivity contribution in [3.8, 4) is 16.9 Å². The molecule has 0 spiro atoms. The molecular formula is C25H26N4O2. The highest BCUT2D eigenvalue weighted by Crippen LogP contribution is 2.25. The van der Waals surface area contributed by atoms with Crippen LogP contribution in [0.25, 0.3) is 16.9 Å². The van der Waals surface area contributed by atoms with Gasteiger partial charge in [-0.1, -0.05) is 48.0 Å². The van der Waals surface area contributed by atoms with Crippen LogP contribution in [-0.2, 0) is 0 Å². The molecule has 0 aliphatic carbocycles. The molecule has 2 heterocycles. The number of amides is 1. The minimum absolute atomic E-state index is 0.0639. The third kappa shape index (κ3) is 4.59. The predicted molar refractivity (Wildman–Crippen MR) is 121 cm³/mol. The van der Waals surface area contributed by atoms with E-state index in [0.29, 0.717) is 17.8 Å². The van der Waals surface area contributed by atoms with Crippen LogP contribution in [0.4, 0.5) is 0 Å². The van der Waals surface area contributed by atoms with E-state index in [2.05, 4.69) is 5.32 Å². The van der Waals surface area contributed by atoms with Crippen LogP contribution in [0.15, 0.2) is 83.6 Å². The Bertz CT molecular complexity index is 1130. The summed E-state index contributed by atoms with van der Waals surface area (Å²) >= 11 is 0. The average Bonchev–Trinajstić information content (AvgIpc) is 3.45. The molecule has 0 radical (unpaired) electrons. The minimum atomic E-state index is -0.170. The van der Waals surface area contributed by atoms with Gasteiger partial charge in [0.1, 0.15) is 11.5 Å². The highest BCUT2D eigenvalue weighted by molar-refractivity contribution is 6.00. The Morgan fingerprint density at radius 2 is 1.81 bits per heavy atom. The maximum Gasteiger partial charge on any atom is 0.255 e. The Morgan fingerprint density at radius 1 is 1.06 bits per heavy atom. The van der Waals surface area contributed by atoms with E-state index < -0.39 is 0 Å². The zero-order valence-corrected chi connectivity index (χ0v) is 17.9. The number of aryl methyl sites for hydroxylation is 1. The smallest absolute Gasteiger partial charge is 0.255 e. The molecular weight excluding hydrogens is 388 g/mol. The molecule has 0 aliphatic rings. The molecule has 2 aromatic heterocycles. The second-order valence-corrected chi connectivity index (χ2v) is 7.74. The van der Waals surface area contributed by atoms with E-state index in [1.54, 1.807) is 17.1 Å². The highest BCUT2D eigenvalue weighted by atomic mass is 16.3. The zero-order chi connectivity index (χ0) is 21.8. The van der Waals surface area contributed by atoms with E-state index in [1.807, 2.05) is 92.6 Å². The molecule has 4 aromatic rings. The number of aromatic nitrogens is 2. The fourth-order valence-electron chi connectivity index (χ4n) is 3.48. The lowest BCUT2D eigenvalue weighted by Gasteiger charge is -2.22. The summed E-state index contributed by atoms with van der Waals surface area (Å²) in [5.74, 6) is 0.639. The van der Waals surface area contributed by atoms with Crippen molar-refractivity contribution in [3.63, 3.8) is 0 Å². The first-order chi connectivity index (χ1) is 15.0. The molecule has 2 aromatic carbocycles. The van der Waals surface area contributed by atoms with E-state index in [0.717, 1.165) is 22.6 Å². The van der Waals surface area contributed by atoms with Gasteiger partial charge >= 0.3 is 0 Å². The Morgan fingerprint density at radius 3 is 2.45 bits per heavy atom. The van der Waals surface area contributed by atoms with Crippen molar-refractivity contribution < 1.29 is 9.21 Å². The number of likely N-dealkylation sites (N-methyl/N-ethyl adjacent to an activating group) is 1. The lowest BCUT2D eigenvalue weighted by molar-refractivity contribution is 0.0939. The van der Waals surface area contributed by atoms with Gasteiger partial charge in [-0.25, -0.2) is 4.68 Å². The average molecular weight is 415 g/mol. The van der Waals surface area contributed by atoms with Gasteiger partial charge in [-0.05, 0) is 45.3 Å². The van der Waals surface area contributed by atoms with Gasteiger partial charge in [0.15, 0.2) is 0 Å². The van der Waals surface area contributed by atoms with Crippen LogP contribution in [0.5, 0.6) is 0 Å². The summed E-state index contributed by atoms with van der Waals surface area (Å²) in [4.78, 5) is 15.3. The maximum atomic E-state index is 13.2. The summed E-state index contributed by atoms with van der Waals surface area (Å²) in [7, 11) is 3.93. The van der Waals surface area contributed by atoms with Crippen LogP contribution in [-0.4, -0.2) is 41.2 Å². The molecule has 31 heavy (non-hydrogen) atoms. The number of rotatable bonds is 7. The van der Waals surface area contributed by atoms with Gasteiger partial charge in [0, 0.05) is 18.3 Å². The van der Waals surface area contributed by atoms with Gasteiger partial charge in [0.2, 0.25) is 0 Å². The molecule has 0 saturated heterocycles. The van der Waals surface area contributed by atoms with Crippen molar-refractivity contribution in [1.82, 2.24) is 20.0 Å². The van der Waals surface area contributed by atoms with E-state index in [-0.39, 0.29) is 11.9 Å². The fourth-order valence-corrected chi connectivity index (χ4v) is 3.48. The number of furan rings is 1. The molecule has 1 atom stereocenters.